The van der Waals surface area contributed by atoms with Crippen LogP contribution in [0.1, 0.15) is 40.5 Å². The van der Waals surface area contributed by atoms with Crippen molar-refractivity contribution in [1.82, 2.24) is 9.38 Å². The number of ether oxygens (including phenoxy) is 1. The summed E-state index contributed by atoms with van der Waals surface area (Å²) < 4.78 is 7.27. The Morgan fingerprint density at radius 2 is 2.22 bits per heavy atom. The van der Waals surface area contributed by atoms with Crippen molar-refractivity contribution in [2.45, 2.75) is 25.7 Å². The SMILES string of the molecule is Cc1cccn2c(C=O)c(C3CCOCC3)nc12. The molecule has 3 heterocycles. The molecule has 0 unspecified atom stereocenters. The molecule has 94 valence electrons. The van der Waals surface area contributed by atoms with Crippen molar-refractivity contribution >= 4 is 11.9 Å². The largest absolute Gasteiger partial charge is 0.381 e. The number of imidazole rings is 1. The van der Waals surface area contributed by atoms with E-state index in [0.29, 0.717) is 11.6 Å². The van der Waals surface area contributed by atoms with Crippen LogP contribution in [0.15, 0.2) is 18.3 Å². The lowest BCUT2D eigenvalue weighted by Gasteiger charge is -2.20. The zero-order valence-electron chi connectivity index (χ0n) is 10.4. The Morgan fingerprint density at radius 1 is 1.44 bits per heavy atom. The molecule has 2 aromatic heterocycles. The topological polar surface area (TPSA) is 43.6 Å². The Bertz CT molecular complexity index is 583. The molecular formula is C14H16N2O2. The van der Waals surface area contributed by atoms with Crippen LogP contribution >= 0.6 is 0 Å². The first-order valence-corrected chi connectivity index (χ1v) is 6.31. The lowest BCUT2D eigenvalue weighted by atomic mass is 9.95. The van der Waals surface area contributed by atoms with Crippen LogP contribution in [0.5, 0.6) is 0 Å². The fourth-order valence-corrected chi connectivity index (χ4v) is 2.63. The minimum absolute atomic E-state index is 0.346. The summed E-state index contributed by atoms with van der Waals surface area (Å²) in [7, 11) is 0. The zero-order valence-corrected chi connectivity index (χ0v) is 10.4. The maximum atomic E-state index is 11.4. The van der Waals surface area contributed by atoms with Gasteiger partial charge in [0.25, 0.3) is 0 Å². The van der Waals surface area contributed by atoms with E-state index in [1.54, 1.807) is 0 Å². The van der Waals surface area contributed by atoms with Crippen LogP contribution in [0, 0.1) is 6.92 Å². The van der Waals surface area contributed by atoms with E-state index < -0.39 is 0 Å². The molecule has 4 heteroatoms. The van der Waals surface area contributed by atoms with Gasteiger partial charge in [-0.3, -0.25) is 9.20 Å². The molecule has 0 saturated carbocycles. The van der Waals surface area contributed by atoms with Gasteiger partial charge >= 0.3 is 0 Å². The second kappa shape index (κ2) is 4.53. The summed E-state index contributed by atoms with van der Waals surface area (Å²) in [6.07, 6.45) is 4.72. The van der Waals surface area contributed by atoms with Gasteiger partial charge in [-0.2, -0.15) is 0 Å². The molecule has 1 aliphatic heterocycles. The first-order valence-electron chi connectivity index (χ1n) is 6.31. The molecule has 1 fully saturated rings. The Hall–Kier alpha value is -1.68. The van der Waals surface area contributed by atoms with Crippen LogP contribution in [0.25, 0.3) is 5.65 Å². The first-order chi connectivity index (χ1) is 8.81. The van der Waals surface area contributed by atoms with E-state index in [2.05, 4.69) is 4.98 Å². The average Bonchev–Trinajstić information content (AvgIpc) is 2.80. The molecule has 0 atom stereocenters. The summed E-state index contributed by atoms with van der Waals surface area (Å²) in [4.78, 5) is 16.0. The number of carbonyl (C=O) groups is 1. The number of hydrogen-bond acceptors (Lipinski definition) is 3. The minimum Gasteiger partial charge on any atom is -0.381 e. The highest BCUT2D eigenvalue weighted by Crippen LogP contribution is 2.29. The molecule has 0 spiro atoms. The number of aldehydes is 1. The molecule has 3 rings (SSSR count). The first kappa shape index (κ1) is 11.4. The smallest absolute Gasteiger partial charge is 0.168 e. The van der Waals surface area contributed by atoms with Crippen LogP contribution < -0.4 is 0 Å². The Balaban J connectivity index is 2.16. The third-order valence-electron chi connectivity index (χ3n) is 3.63. The van der Waals surface area contributed by atoms with Crippen LogP contribution in [-0.2, 0) is 4.74 Å². The van der Waals surface area contributed by atoms with E-state index in [0.717, 1.165) is 49.2 Å². The van der Waals surface area contributed by atoms with Gasteiger partial charge < -0.3 is 4.74 Å². The second-order valence-electron chi connectivity index (χ2n) is 4.77. The number of hydrogen-bond donors (Lipinski definition) is 0. The molecule has 0 aliphatic carbocycles. The number of rotatable bonds is 2. The van der Waals surface area contributed by atoms with Gasteiger partial charge in [0, 0.05) is 25.3 Å². The molecule has 1 aliphatic rings. The normalized spacial score (nSPS) is 17.2. The van der Waals surface area contributed by atoms with E-state index >= 15 is 0 Å². The minimum atomic E-state index is 0.346. The number of aromatic nitrogens is 2. The maximum absolute atomic E-state index is 11.4. The van der Waals surface area contributed by atoms with Crippen molar-refractivity contribution in [3.63, 3.8) is 0 Å². The lowest BCUT2D eigenvalue weighted by Crippen LogP contribution is -2.15. The maximum Gasteiger partial charge on any atom is 0.168 e. The molecule has 2 aromatic rings. The van der Waals surface area contributed by atoms with Crippen LogP contribution in [0.3, 0.4) is 0 Å². The lowest BCUT2D eigenvalue weighted by molar-refractivity contribution is 0.0841. The van der Waals surface area contributed by atoms with E-state index in [1.807, 2.05) is 29.7 Å². The van der Waals surface area contributed by atoms with Crippen molar-refractivity contribution in [2.75, 3.05) is 13.2 Å². The highest BCUT2D eigenvalue weighted by Gasteiger charge is 2.23. The third kappa shape index (κ3) is 1.73. The molecule has 0 radical (unpaired) electrons. The number of aryl methyl sites for hydroxylation is 1. The molecule has 0 N–H and O–H groups in total. The van der Waals surface area contributed by atoms with Crippen molar-refractivity contribution < 1.29 is 9.53 Å². The van der Waals surface area contributed by atoms with Gasteiger partial charge in [0.05, 0.1) is 5.69 Å². The van der Waals surface area contributed by atoms with E-state index in [1.165, 1.54) is 0 Å². The summed E-state index contributed by atoms with van der Waals surface area (Å²) in [6, 6.07) is 3.97. The van der Waals surface area contributed by atoms with Gasteiger partial charge in [0.1, 0.15) is 11.3 Å². The summed E-state index contributed by atoms with van der Waals surface area (Å²) in [5, 5.41) is 0. The quantitative estimate of drug-likeness (QED) is 0.762. The molecular weight excluding hydrogens is 228 g/mol. The van der Waals surface area contributed by atoms with Gasteiger partial charge in [-0.15, -0.1) is 0 Å². The highest BCUT2D eigenvalue weighted by molar-refractivity contribution is 5.77. The third-order valence-corrected chi connectivity index (χ3v) is 3.63. The summed E-state index contributed by atoms with van der Waals surface area (Å²) in [5.41, 5.74) is 3.61. The number of fused-ring (bicyclic) bond motifs is 1. The molecule has 0 bridgehead atoms. The fourth-order valence-electron chi connectivity index (χ4n) is 2.63. The van der Waals surface area contributed by atoms with Gasteiger partial charge in [0.15, 0.2) is 6.29 Å². The average molecular weight is 244 g/mol. The van der Waals surface area contributed by atoms with Crippen molar-refractivity contribution in [1.29, 1.82) is 0 Å². The van der Waals surface area contributed by atoms with Gasteiger partial charge in [-0.05, 0) is 31.4 Å². The predicted molar refractivity (Wildman–Crippen MR) is 68.1 cm³/mol. The molecule has 0 amide bonds. The Morgan fingerprint density at radius 3 is 2.94 bits per heavy atom. The second-order valence-corrected chi connectivity index (χ2v) is 4.77. The number of carbonyl (C=O) groups excluding carboxylic acids is 1. The fraction of sp³-hybridized carbons (Fsp3) is 0.429. The zero-order chi connectivity index (χ0) is 12.5. The Labute approximate surface area is 106 Å². The van der Waals surface area contributed by atoms with Crippen LogP contribution in [0.4, 0.5) is 0 Å². The van der Waals surface area contributed by atoms with Gasteiger partial charge in [-0.1, -0.05) is 6.07 Å². The van der Waals surface area contributed by atoms with E-state index in [-0.39, 0.29) is 0 Å². The van der Waals surface area contributed by atoms with Gasteiger partial charge in [0.2, 0.25) is 0 Å². The van der Waals surface area contributed by atoms with E-state index in [4.69, 9.17) is 4.74 Å². The highest BCUT2D eigenvalue weighted by atomic mass is 16.5. The summed E-state index contributed by atoms with van der Waals surface area (Å²) in [5.74, 6) is 0.346. The number of pyridine rings is 1. The van der Waals surface area contributed by atoms with Crippen LogP contribution in [-0.4, -0.2) is 28.9 Å². The van der Waals surface area contributed by atoms with E-state index in [9.17, 15) is 4.79 Å². The Kier molecular flexibility index (Phi) is 2.88. The van der Waals surface area contributed by atoms with Crippen molar-refractivity contribution in [3.05, 3.63) is 35.3 Å². The summed E-state index contributed by atoms with van der Waals surface area (Å²) in [6.45, 7) is 3.54. The van der Waals surface area contributed by atoms with Crippen molar-refractivity contribution in [2.24, 2.45) is 0 Å². The molecule has 1 saturated heterocycles. The molecule has 0 aromatic carbocycles. The summed E-state index contributed by atoms with van der Waals surface area (Å²) >= 11 is 0. The monoisotopic (exact) mass is 244 g/mol. The standard InChI is InChI=1S/C14H16N2O2/c1-10-3-2-6-16-12(9-17)13(15-14(10)16)11-4-7-18-8-5-11/h2-3,6,9,11H,4-5,7-8H2,1H3. The van der Waals surface area contributed by atoms with Gasteiger partial charge in [-0.25, -0.2) is 4.98 Å². The molecule has 18 heavy (non-hydrogen) atoms. The van der Waals surface area contributed by atoms with Crippen LogP contribution in [0.2, 0.25) is 0 Å². The number of nitrogens with zero attached hydrogens (tertiary/aromatic N) is 2. The molecule has 4 nitrogen and oxygen atoms in total. The predicted octanol–water partition coefficient (Wildman–Crippen LogP) is 2.35. The van der Waals surface area contributed by atoms with Crippen molar-refractivity contribution in [3.8, 4) is 0 Å².